The van der Waals surface area contributed by atoms with E-state index >= 15 is 0 Å². The highest BCUT2D eigenvalue weighted by molar-refractivity contribution is 7.09. The lowest BCUT2D eigenvalue weighted by Gasteiger charge is -2.02. The number of aromatic nitrogens is 1. The summed E-state index contributed by atoms with van der Waals surface area (Å²) in [6.45, 7) is 2.04. The summed E-state index contributed by atoms with van der Waals surface area (Å²) < 4.78 is 0. The van der Waals surface area contributed by atoms with Crippen LogP contribution in [0.1, 0.15) is 23.4 Å². The molecule has 0 aliphatic heterocycles. The van der Waals surface area contributed by atoms with Crippen molar-refractivity contribution in [1.82, 2.24) is 4.98 Å². The number of unbranched alkanes of at least 4 members (excludes halogenated alkanes) is 1. The molecular formula is C14H16ClNS. The van der Waals surface area contributed by atoms with Gasteiger partial charge in [-0.25, -0.2) is 4.98 Å². The molecular weight excluding hydrogens is 250 g/mol. The highest BCUT2D eigenvalue weighted by Crippen LogP contribution is 2.22. The van der Waals surface area contributed by atoms with Crippen molar-refractivity contribution < 1.29 is 0 Å². The predicted octanol–water partition coefficient (Wildman–Crippen LogP) is 4.68. The second-order valence-electron chi connectivity index (χ2n) is 4.09. The summed E-state index contributed by atoms with van der Waals surface area (Å²) in [4.78, 5) is 4.49. The second-order valence-corrected chi connectivity index (χ2v) is 5.53. The van der Waals surface area contributed by atoms with Gasteiger partial charge in [0, 0.05) is 16.8 Å². The van der Waals surface area contributed by atoms with Crippen LogP contribution in [0.4, 0.5) is 0 Å². The summed E-state index contributed by atoms with van der Waals surface area (Å²) in [5, 5.41) is 3.23. The maximum absolute atomic E-state index is 5.67. The van der Waals surface area contributed by atoms with E-state index in [0.717, 1.165) is 29.4 Å². The standard InChI is InChI=1S/C14H16ClNS/c1-11-16-14(10-17-11)13-7-5-12(6-8-13)4-2-3-9-15/h5-8,10H,2-4,9H2,1H3. The Morgan fingerprint density at radius 3 is 2.53 bits per heavy atom. The van der Waals surface area contributed by atoms with Crippen molar-refractivity contribution in [2.24, 2.45) is 0 Å². The minimum Gasteiger partial charge on any atom is -0.242 e. The Morgan fingerprint density at radius 2 is 1.94 bits per heavy atom. The normalized spacial score (nSPS) is 10.7. The topological polar surface area (TPSA) is 12.9 Å². The van der Waals surface area contributed by atoms with Gasteiger partial charge in [0.05, 0.1) is 10.7 Å². The lowest BCUT2D eigenvalue weighted by atomic mass is 10.1. The molecule has 3 heteroatoms. The van der Waals surface area contributed by atoms with Gasteiger partial charge in [-0.2, -0.15) is 0 Å². The molecule has 0 N–H and O–H groups in total. The molecule has 0 aliphatic carbocycles. The lowest BCUT2D eigenvalue weighted by molar-refractivity contribution is 0.800. The Hall–Kier alpha value is -0.860. The van der Waals surface area contributed by atoms with Gasteiger partial charge in [-0.1, -0.05) is 24.3 Å². The van der Waals surface area contributed by atoms with Gasteiger partial charge in [-0.3, -0.25) is 0 Å². The van der Waals surface area contributed by atoms with Crippen LogP contribution in [0.5, 0.6) is 0 Å². The molecule has 0 saturated heterocycles. The molecule has 17 heavy (non-hydrogen) atoms. The minimum absolute atomic E-state index is 0.760. The average molecular weight is 266 g/mol. The molecule has 0 bridgehead atoms. The first-order chi connectivity index (χ1) is 8.29. The van der Waals surface area contributed by atoms with Crippen LogP contribution < -0.4 is 0 Å². The molecule has 0 fully saturated rings. The van der Waals surface area contributed by atoms with Crippen LogP contribution in [0.15, 0.2) is 29.6 Å². The third-order valence-electron chi connectivity index (χ3n) is 2.72. The van der Waals surface area contributed by atoms with Crippen LogP contribution >= 0.6 is 22.9 Å². The first-order valence-electron chi connectivity index (χ1n) is 5.87. The molecule has 0 radical (unpaired) electrons. The summed E-state index contributed by atoms with van der Waals surface area (Å²) in [6, 6.07) is 8.70. The zero-order valence-corrected chi connectivity index (χ0v) is 11.5. The van der Waals surface area contributed by atoms with Crippen LogP contribution in [0.25, 0.3) is 11.3 Å². The van der Waals surface area contributed by atoms with Gasteiger partial charge in [0.25, 0.3) is 0 Å². The van der Waals surface area contributed by atoms with Crippen molar-refractivity contribution in [3.8, 4) is 11.3 Å². The lowest BCUT2D eigenvalue weighted by Crippen LogP contribution is -1.87. The van der Waals surface area contributed by atoms with E-state index in [0.29, 0.717) is 0 Å². The van der Waals surface area contributed by atoms with E-state index in [2.05, 4.69) is 34.6 Å². The van der Waals surface area contributed by atoms with E-state index in [9.17, 15) is 0 Å². The van der Waals surface area contributed by atoms with E-state index in [1.165, 1.54) is 17.5 Å². The summed E-state index contributed by atoms with van der Waals surface area (Å²) in [6.07, 6.45) is 3.37. The monoisotopic (exact) mass is 265 g/mol. The molecule has 1 aromatic carbocycles. The van der Waals surface area contributed by atoms with Gasteiger partial charge in [-0.15, -0.1) is 22.9 Å². The second kappa shape index (κ2) is 6.18. The Morgan fingerprint density at radius 1 is 1.18 bits per heavy atom. The molecule has 90 valence electrons. The summed E-state index contributed by atoms with van der Waals surface area (Å²) in [7, 11) is 0. The molecule has 0 atom stereocenters. The van der Waals surface area contributed by atoms with Gasteiger partial charge in [0.1, 0.15) is 0 Å². The Bertz CT molecular complexity index is 461. The molecule has 0 aliphatic rings. The van der Waals surface area contributed by atoms with Crippen molar-refractivity contribution >= 4 is 22.9 Å². The number of hydrogen-bond acceptors (Lipinski definition) is 2. The average Bonchev–Trinajstić information content (AvgIpc) is 2.77. The molecule has 0 unspecified atom stereocenters. The SMILES string of the molecule is Cc1nc(-c2ccc(CCCCCl)cc2)cs1. The fourth-order valence-corrected chi connectivity index (χ4v) is 2.57. The fraction of sp³-hybridized carbons (Fsp3) is 0.357. The molecule has 1 nitrogen and oxygen atoms in total. The maximum Gasteiger partial charge on any atom is 0.0901 e. The zero-order chi connectivity index (χ0) is 12.1. The zero-order valence-electron chi connectivity index (χ0n) is 9.95. The van der Waals surface area contributed by atoms with E-state index in [1.807, 2.05) is 6.92 Å². The van der Waals surface area contributed by atoms with Gasteiger partial charge in [0.15, 0.2) is 0 Å². The smallest absolute Gasteiger partial charge is 0.0901 e. The molecule has 1 heterocycles. The molecule has 0 spiro atoms. The number of nitrogens with zero attached hydrogens (tertiary/aromatic N) is 1. The van der Waals surface area contributed by atoms with Gasteiger partial charge < -0.3 is 0 Å². The summed E-state index contributed by atoms with van der Waals surface area (Å²) in [5.74, 6) is 0.760. The molecule has 2 aromatic rings. The third kappa shape index (κ3) is 3.55. The Balaban J connectivity index is 2.02. The fourth-order valence-electron chi connectivity index (χ4n) is 1.76. The number of hydrogen-bond donors (Lipinski definition) is 0. The predicted molar refractivity (Wildman–Crippen MR) is 75.9 cm³/mol. The maximum atomic E-state index is 5.67. The van der Waals surface area contributed by atoms with E-state index in [-0.39, 0.29) is 0 Å². The summed E-state index contributed by atoms with van der Waals surface area (Å²) >= 11 is 7.36. The number of alkyl halides is 1. The first kappa shape index (κ1) is 12.6. The van der Waals surface area contributed by atoms with E-state index in [1.54, 1.807) is 11.3 Å². The largest absolute Gasteiger partial charge is 0.242 e. The highest BCUT2D eigenvalue weighted by atomic mass is 35.5. The van der Waals surface area contributed by atoms with Crippen LogP contribution in [0, 0.1) is 6.92 Å². The molecule has 0 amide bonds. The van der Waals surface area contributed by atoms with Crippen LogP contribution in [0.3, 0.4) is 0 Å². The van der Waals surface area contributed by atoms with Crippen molar-refractivity contribution in [2.45, 2.75) is 26.2 Å². The van der Waals surface area contributed by atoms with Crippen molar-refractivity contribution in [1.29, 1.82) is 0 Å². The molecule has 0 saturated carbocycles. The third-order valence-corrected chi connectivity index (χ3v) is 3.76. The highest BCUT2D eigenvalue weighted by Gasteiger charge is 2.01. The quantitative estimate of drug-likeness (QED) is 0.565. The minimum atomic E-state index is 0.760. The molecule has 2 rings (SSSR count). The Labute approximate surface area is 111 Å². The van der Waals surface area contributed by atoms with Gasteiger partial charge in [0.2, 0.25) is 0 Å². The van der Waals surface area contributed by atoms with E-state index < -0.39 is 0 Å². The van der Waals surface area contributed by atoms with Crippen molar-refractivity contribution in [3.63, 3.8) is 0 Å². The Kier molecular flexibility index (Phi) is 4.57. The number of rotatable bonds is 5. The number of benzene rings is 1. The van der Waals surface area contributed by atoms with Gasteiger partial charge in [-0.05, 0) is 31.7 Å². The number of halogens is 1. The van der Waals surface area contributed by atoms with Crippen LogP contribution in [-0.2, 0) is 6.42 Å². The first-order valence-corrected chi connectivity index (χ1v) is 7.28. The van der Waals surface area contributed by atoms with Crippen molar-refractivity contribution in [2.75, 3.05) is 5.88 Å². The molecule has 1 aromatic heterocycles. The van der Waals surface area contributed by atoms with Crippen molar-refractivity contribution in [3.05, 3.63) is 40.2 Å². The van der Waals surface area contributed by atoms with Gasteiger partial charge >= 0.3 is 0 Å². The number of aryl methyl sites for hydroxylation is 2. The summed E-state index contributed by atoms with van der Waals surface area (Å²) in [5.41, 5.74) is 3.67. The van der Waals surface area contributed by atoms with Crippen LogP contribution in [0.2, 0.25) is 0 Å². The van der Waals surface area contributed by atoms with E-state index in [4.69, 9.17) is 11.6 Å². The van der Waals surface area contributed by atoms with Crippen LogP contribution in [-0.4, -0.2) is 10.9 Å². The number of thiazole rings is 1.